The number of ether oxygens (including phenoxy) is 3. The molecule has 0 rings (SSSR count). The Bertz CT molecular complexity index is 1780. The molecule has 0 spiro atoms. The van der Waals surface area contributed by atoms with Crippen LogP contribution in [0.15, 0.2) is 72.9 Å². The molecule has 0 heterocycles. The lowest BCUT2D eigenvalue weighted by molar-refractivity contribution is -0.161. The average molecular weight is 1190 g/mol. The van der Waals surface area contributed by atoms with E-state index in [0.717, 1.165) is 128 Å². The van der Waals surface area contributed by atoms with Gasteiger partial charge in [-0.05, 0) is 109 Å². The zero-order chi connectivity index (χ0) is 59.6. The van der Waals surface area contributed by atoms with E-state index < -0.39 is 91.5 Å². The van der Waals surface area contributed by atoms with Crippen LogP contribution in [0.5, 0.6) is 0 Å². The van der Waals surface area contributed by atoms with Crippen LogP contribution >= 0.6 is 15.6 Å². The second-order valence-electron chi connectivity index (χ2n) is 20.8. The fourth-order valence-corrected chi connectivity index (χ4v) is 9.58. The first-order valence-corrected chi connectivity index (χ1v) is 34.2. The van der Waals surface area contributed by atoms with Gasteiger partial charge in [0.15, 0.2) is 6.10 Å². The third kappa shape index (κ3) is 58.6. The van der Waals surface area contributed by atoms with Crippen LogP contribution in [0.4, 0.5) is 0 Å². The topological polar surface area (TPSA) is 231 Å². The van der Waals surface area contributed by atoms with Gasteiger partial charge in [0.1, 0.15) is 25.4 Å². The lowest BCUT2D eigenvalue weighted by atomic mass is 10.1. The number of hydrogen-bond donors (Lipinski definition) is 4. The van der Waals surface area contributed by atoms with Gasteiger partial charge in [0.2, 0.25) is 0 Å². The lowest BCUT2D eigenvalue weighted by Crippen LogP contribution is -2.30. The third-order valence-corrected chi connectivity index (χ3v) is 14.8. The number of unbranched alkanes of at least 4 members (excludes halogenated alkanes) is 24. The van der Waals surface area contributed by atoms with Crippen molar-refractivity contribution in [1.82, 2.24) is 0 Å². The molecule has 4 N–H and O–H groups in total. The van der Waals surface area contributed by atoms with Crippen molar-refractivity contribution in [3.05, 3.63) is 72.9 Å². The van der Waals surface area contributed by atoms with Crippen LogP contribution in [0, 0.1) is 0 Å². The second kappa shape index (κ2) is 57.4. The minimum absolute atomic E-state index is 0.0933. The smallest absolute Gasteiger partial charge is 0.463 e. The first-order chi connectivity index (χ1) is 39.2. The molecule has 0 aromatic carbocycles. The number of allylic oxidation sites excluding steroid dienone is 12. The van der Waals surface area contributed by atoms with Crippen molar-refractivity contribution in [1.29, 1.82) is 0 Å². The van der Waals surface area contributed by atoms with Gasteiger partial charge in [0, 0.05) is 19.3 Å². The zero-order valence-electron chi connectivity index (χ0n) is 50.4. The molecule has 0 saturated carbocycles. The summed E-state index contributed by atoms with van der Waals surface area (Å²) < 4.78 is 60.6. The van der Waals surface area contributed by atoms with E-state index in [1.807, 2.05) is 0 Å². The number of rotatable bonds is 59. The molecular formula is C63H112O16P2. The first-order valence-electron chi connectivity index (χ1n) is 31.2. The maximum atomic E-state index is 12.8. The number of carbonyl (C=O) groups is 3. The molecule has 0 aliphatic carbocycles. The molecule has 0 aliphatic heterocycles. The van der Waals surface area contributed by atoms with E-state index in [0.29, 0.717) is 19.3 Å². The summed E-state index contributed by atoms with van der Waals surface area (Å²) in [5.74, 6) is -1.61. The Balaban J connectivity index is 4.58. The molecule has 0 aromatic rings. The van der Waals surface area contributed by atoms with Gasteiger partial charge >= 0.3 is 33.6 Å². The van der Waals surface area contributed by atoms with Gasteiger partial charge in [-0.3, -0.25) is 32.5 Å². The van der Waals surface area contributed by atoms with Crippen LogP contribution < -0.4 is 0 Å². The van der Waals surface area contributed by atoms with Crippen LogP contribution in [0.2, 0.25) is 0 Å². The molecule has 0 aromatic heterocycles. The summed E-state index contributed by atoms with van der Waals surface area (Å²) in [5, 5.41) is 20.5. The normalized spacial score (nSPS) is 14.9. The largest absolute Gasteiger partial charge is 0.472 e. The number of aliphatic hydroxyl groups excluding tert-OH is 2. The summed E-state index contributed by atoms with van der Waals surface area (Å²) in [7, 11) is -9.76. The summed E-state index contributed by atoms with van der Waals surface area (Å²) in [6.45, 7) is 2.52. The lowest BCUT2D eigenvalue weighted by Gasteiger charge is -2.21. The Labute approximate surface area is 490 Å². The van der Waals surface area contributed by atoms with Crippen LogP contribution in [-0.2, 0) is 55.8 Å². The Morgan fingerprint density at radius 2 is 0.630 bits per heavy atom. The van der Waals surface area contributed by atoms with E-state index in [4.69, 9.17) is 32.3 Å². The van der Waals surface area contributed by atoms with Crippen molar-refractivity contribution in [3.8, 4) is 0 Å². The van der Waals surface area contributed by atoms with Crippen molar-refractivity contribution >= 4 is 33.6 Å². The quantitative estimate of drug-likeness (QED) is 0.0146. The van der Waals surface area contributed by atoms with Gasteiger partial charge in [-0.25, -0.2) is 9.13 Å². The molecule has 0 fully saturated rings. The Morgan fingerprint density at radius 3 is 1.05 bits per heavy atom. The fourth-order valence-electron chi connectivity index (χ4n) is 8.00. The van der Waals surface area contributed by atoms with Gasteiger partial charge in [-0.2, -0.15) is 0 Å². The van der Waals surface area contributed by atoms with Crippen LogP contribution in [-0.4, -0.2) is 95.9 Å². The highest BCUT2D eigenvalue weighted by Crippen LogP contribution is 2.45. The van der Waals surface area contributed by atoms with E-state index in [-0.39, 0.29) is 19.3 Å². The fraction of sp³-hybridized carbons (Fsp3) is 0.762. The van der Waals surface area contributed by atoms with Gasteiger partial charge in [0.25, 0.3) is 0 Å². The highest BCUT2D eigenvalue weighted by atomic mass is 31.2. The molecule has 0 amide bonds. The molecule has 0 saturated heterocycles. The third-order valence-electron chi connectivity index (χ3n) is 12.9. The Morgan fingerprint density at radius 1 is 0.346 bits per heavy atom. The molecule has 16 nitrogen and oxygen atoms in total. The van der Waals surface area contributed by atoms with Crippen LogP contribution in [0.1, 0.15) is 252 Å². The first kappa shape index (κ1) is 78.0. The van der Waals surface area contributed by atoms with E-state index >= 15 is 0 Å². The van der Waals surface area contributed by atoms with E-state index in [1.165, 1.54) is 64.2 Å². The van der Waals surface area contributed by atoms with Gasteiger partial charge in [-0.15, -0.1) is 0 Å². The van der Waals surface area contributed by atoms with Crippen molar-refractivity contribution in [2.45, 2.75) is 270 Å². The molecule has 18 heteroatoms. The van der Waals surface area contributed by atoms with Crippen molar-refractivity contribution < 1.29 is 75.8 Å². The number of esters is 3. The maximum absolute atomic E-state index is 12.8. The Kier molecular flexibility index (Phi) is 55.3. The van der Waals surface area contributed by atoms with Gasteiger partial charge in [-0.1, -0.05) is 196 Å². The van der Waals surface area contributed by atoms with Crippen molar-refractivity contribution in [2.75, 3.05) is 39.6 Å². The number of phosphoric ester groups is 2. The minimum Gasteiger partial charge on any atom is -0.463 e. The molecule has 0 radical (unpaired) electrons. The summed E-state index contributed by atoms with van der Waals surface area (Å²) in [6, 6.07) is 0. The molecule has 0 bridgehead atoms. The highest BCUT2D eigenvalue weighted by Gasteiger charge is 2.29. The summed E-state index contributed by atoms with van der Waals surface area (Å²) in [5.41, 5.74) is 0. The second-order valence-corrected chi connectivity index (χ2v) is 23.8. The Hall–Kier alpha value is -3.01. The molecule has 5 unspecified atom stereocenters. The summed E-state index contributed by atoms with van der Waals surface area (Å²) in [4.78, 5) is 58.0. The number of carbonyl (C=O) groups excluding carboxylic acids is 3. The molecule has 81 heavy (non-hydrogen) atoms. The monoisotopic (exact) mass is 1190 g/mol. The average Bonchev–Trinajstić information content (AvgIpc) is 3.45. The predicted molar refractivity (Wildman–Crippen MR) is 325 cm³/mol. The standard InChI is InChI=1S/C63H112O16P2/c1-4-7-10-13-16-19-22-24-25-26-27-28-29-30-31-33-36-37-40-43-46-49-61(66)73-52-58(64)53-75-80(69,70)76-54-59(65)55-77-81(71,72)78-57-60(79-63(68)51-48-45-42-39-34-21-18-15-12-9-6-3)56-74-62(67)50-47-44-41-38-35-32-23-20-17-14-11-8-5-2/h15-16,18-20,23-25,27-28,30-31,58-60,64-65H,4-14,17,21-22,26,29,32-57H2,1-3H3,(H,69,70)(H,71,72)/b18-15-,19-16-,23-20-,25-24-,28-27-,31-30-. The van der Waals surface area contributed by atoms with E-state index in [2.05, 4.69) is 93.7 Å². The van der Waals surface area contributed by atoms with Crippen molar-refractivity contribution in [3.63, 3.8) is 0 Å². The molecule has 0 aliphatic rings. The van der Waals surface area contributed by atoms with E-state index in [9.17, 15) is 43.5 Å². The van der Waals surface area contributed by atoms with Crippen LogP contribution in [0.25, 0.3) is 0 Å². The van der Waals surface area contributed by atoms with Crippen molar-refractivity contribution in [2.24, 2.45) is 0 Å². The predicted octanol–water partition coefficient (Wildman–Crippen LogP) is 16.4. The zero-order valence-corrected chi connectivity index (χ0v) is 52.2. The maximum Gasteiger partial charge on any atom is 0.472 e. The van der Waals surface area contributed by atoms with Gasteiger partial charge in [0.05, 0.1) is 26.4 Å². The molecule has 5 atom stereocenters. The van der Waals surface area contributed by atoms with Gasteiger partial charge < -0.3 is 34.2 Å². The number of phosphoric acid groups is 2. The molecule has 470 valence electrons. The molecular weight excluding hydrogens is 1070 g/mol. The van der Waals surface area contributed by atoms with Crippen LogP contribution in [0.3, 0.4) is 0 Å². The number of aliphatic hydroxyl groups is 2. The summed E-state index contributed by atoms with van der Waals surface area (Å²) in [6.07, 6.45) is 56.9. The number of hydrogen-bond acceptors (Lipinski definition) is 14. The van der Waals surface area contributed by atoms with E-state index in [1.54, 1.807) is 0 Å². The SMILES string of the molecule is CCCC/C=C\CCCCCCCC(=O)OC(COC(=O)CCCCCCC/C=C\CCCCCC)COP(=O)(O)OCC(O)COP(=O)(O)OCC(O)COC(=O)CCCCCCC/C=C\C/C=C\C/C=C\C/C=C\CCCCC. The highest BCUT2D eigenvalue weighted by molar-refractivity contribution is 7.47. The minimum atomic E-state index is -4.92. The summed E-state index contributed by atoms with van der Waals surface area (Å²) >= 11 is 0.